The first-order valence-corrected chi connectivity index (χ1v) is 7.76. The topological polar surface area (TPSA) is 64.3 Å². The molecule has 0 aromatic heterocycles. The molecule has 4 heteroatoms. The Balaban J connectivity index is 2.11. The Morgan fingerprint density at radius 3 is 2.67 bits per heavy atom. The lowest BCUT2D eigenvalue weighted by molar-refractivity contribution is 0.0889. The molecule has 1 aliphatic carbocycles. The lowest BCUT2D eigenvalue weighted by Gasteiger charge is -2.35. The van der Waals surface area contributed by atoms with Gasteiger partial charge in [0.1, 0.15) is 5.75 Å². The molecule has 21 heavy (non-hydrogen) atoms. The highest BCUT2D eigenvalue weighted by molar-refractivity contribution is 5.95. The molecule has 0 spiro atoms. The van der Waals surface area contributed by atoms with Gasteiger partial charge in [0.2, 0.25) is 0 Å². The van der Waals surface area contributed by atoms with Crippen LogP contribution in [0.3, 0.4) is 0 Å². The molecule has 0 radical (unpaired) electrons. The Labute approximate surface area is 127 Å². The van der Waals surface area contributed by atoms with Gasteiger partial charge < -0.3 is 15.8 Å². The van der Waals surface area contributed by atoms with Crippen molar-refractivity contribution in [3.05, 3.63) is 23.8 Å². The summed E-state index contributed by atoms with van der Waals surface area (Å²) < 4.78 is 5.18. The minimum Gasteiger partial charge on any atom is -0.497 e. The molecule has 1 aromatic rings. The Morgan fingerprint density at radius 1 is 1.29 bits per heavy atom. The summed E-state index contributed by atoms with van der Waals surface area (Å²) in [6, 6.07) is 5.41. The van der Waals surface area contributed by atoms with E-state index in [9.17, 15) is 4.79 Å². The number of methoxy groups -OCH3 is 1. The van der Waals surface area contributed by atoms with Gasteiger partial charge in [0.15, 0.2) is 0 Å². The first-order chi connectivity index (χ1) is 10.0. The van der Waals surface area contributed by atoms with E-state index in [-0.39, 0.29) is 11.9 Å². The zero-order chi connectivity index (χ0) is 15.4. The molecule has 116 valence electrons. The number of ether oxygens (including phenoxy) is 1. The van der Waals surface area contributed by atoms with E-state index >= 15 is 0 Å². The standard InChI is InChI=1S/C17H26N2O2/c1-11(2)15-6-4-5-7-16(15)19-17(20)12-8-13(18)10-14(9-12)21-3/h8-11,15-16H,4-7,18H2,1-3H3,(H,19,20). The second kappa shape index (κ2) is 6.83. The van der Waals surface area contributed by atoms with Gasteiger partial charge in [0.05, 0.1) is 7.11 Å². The van der Waals surface area contributed by atoms with Crippen molar-refractivity contribution in [3.8, 4) is 5.75 Å². The number of anilines is 1. The molecule has 2 atom stereocenters. The van der Waals surface area contributed by atoms with Crippen LogP contribution in [-0.2, 0) is 0 Å². The highest BCUT2D eigenvalue weighted by Gasteiger charge is 2.28. The molecule has 3 N–H and O–H groups in total. The predicted molar refractivity (Wildman–Crippen MR) is 85.5 cm³/mol. The van der Waals surface area contributed by atoms with Crippen molar-refractivity contribution in [2.24, 2.45) is 11.8 Å². The number of amides is 1. The van der Waals surface area contributed by atoms with Gasteiger partial charge in [-0.1, -0.05) is 26.7 Å². The average Bonchev–Trinajstić information content (AvgIpc) is 2.46. The van der Waals surface area contributed by atoms with Crippen molar-refractivity contribution in [1.29, 1.82) is 0 Å². The summed E-state index contributed by atoms with van der Waals surface area (Å²) in [4.78, 5) is 12.5. The van der Waals surface area contributed by atoms with E-state index in [4.69, 9.17) is 10.5 Å². The van der Waals surface area contributed by atoms with E-state index in [1.54, 1.807) is 25.3 Å². The first kappa shape index (κ1) is 15.7. The number of hydrogen-bond acceptors (Lipinski definition) is 3. The maximum absolute atomic E-state index is 12.5. The average molecular weight is 290 g/mol. The van der Waals surface area contributed by atoms with E-state index in [0.717, 1.165) is 6.42 Å². The third kappa shape index (κ3) is 3.90. The van der Waals surface area contributed by atoms with Crippen LogP contribution in [0.15, 0.2) is 18.2 Å². The number of rotatable bonds is 4. The molecule has 2 rings (SSSR count). The number of hydrogen-bond donors (Lipinski definition) is 2. The summed E-state index contributed by atoms with van der Waals surface area (Å²) in [7, 11) is 1.58. The predicted octanol–water partition coefficient (Wildman–Crippen LogP) is 3.22. The summed E-state index contributed by atoms with van der Waals surface area (Å²) in [5, 5.41) is 3.20. The van der Waals surface area contributed by atoms with Gasteiger partial charge >= 0.3 is 0 Å². The molecular weight excluding hydrogens is 264 g/mol. The third-order valence-electron chi connectivity index (χ3n) is 4.42. The second-order valence-electron chi connectivity index (χ2n) is 6.27. The lowest BCUT2D eigenvalue weighted by atomic mass is 9.78. The number of benzene rings is 1. The van der Waals surface area contributed by atoms with Crippen LogP contribution in [0.4, 0.5) is 5.69 Å². The Kier molecular flexibility index (Phi) is 5.10. The quantitative estimate of drug-likeness (QED) is 0.837. The number of nitrogen functional groups attached to an aromatic ring is 1. The van der Waals surface area contributed by atoms with Crippen molar-refractivity contribution < 1.29 is 9.53 Å². The highest BCUT2D eigenvalue weighted by Crippen LogP contribution is 2.30. The molecule has 0 aliphatic heterocycles. The van der Waals surface area contributed by atoms with Gasteiger partial charge in [-0.05, 0) is 36.8 Å². The molecule has 1 fully saturated rings. The van der Waals surface area contributed by atoms with Gasteiger partial charge in [-0.15, -0.1) is 0 Å². The molecule has 1 amide bonds. The smallest absolute Gasteiger partial charge is 0.251 e. The Bertz CT molecular complexity index is 500. The van der Waals surface area contributed by atoms with Crippen molar-refractivity contribution in [3.63, 3.8) is 0 Å². The highest BCUT2D eigenvalue weighted by atomic mass is 16.5. The second-order valence-corrected chi connectivity index (χ2v) is 6.27. The van der Waals surface area contributed by atoms with Crippen LogP contribution in [0, 0.1) is 11.8 Å². The van der Waals surface area contributed by atoms with Crippen molar-refractivity contribution >= 4 is 11.6 Å². The largest absolute Gasteiger partial charge is 0.497 e. The number of carbonyl (C=O) groups excluding carboxylic acids is 1. The summed E-state index contributed by atoms with van der Waals surface area (Å²) in [5.41, 5.74) is 6.94. The first-order valence-electron chi connectivity index (χ1n) is 7.76. The number of nitrogens with one attached hydrogen (secondary N) is 1. The van der Waals surface area contributed by atoms with Crippen LogP contribution in [0.2, 0.25) is 0 Å². The maximum Gasteiger partial charge on any atom is 0.251 e. The van der Waals surface area contributed by atoms with Crippen molar-refractivity contribution in [2.75, 3.05) is 12.8 Å². The summed E-state index contributed by atoms with van der Waals surface area (Å²) in [6.45, 7) is 4.47. The van der Waals surface area contributed by atoms with Crippen LogP contribution in [0.1, 0.15) is 49.9 Å². The van der Waals surface area contributed by atoms with E-state index < -0.39 is 0 Å². The van der Waals surface area contributed by atoms with Gasteiger partial charge in [0.25, 0.3) is 5.91 Å². The molecular formula is C17H26N2O2. The van der Waals surface area contributed by atoms with Crippen LogP contribution < -0.4 is 15.8 Å². The van der Waals surface area contributed by atoms with E-state index in [0.29, 0.717) is 28.8 Å². The monoisotopic (exact) mass is 290 g/mol. The van der Waals surface area contributed by atoms with E-state index in [1.165, 1.54) is 19.3 Å². The minimum atomic E-state index is -0.0573. The zero-order valence-electron chi connectivity index (χ0n) is 13.2. The molecule has 0 bridgehead atoms. The number of carbonyl (C=O) groups is 1. The molecule has 0 heterocycles. The van der Waals surface area contributed by atoms with Crippen LogP contribution in [0.25, 0.3) is 0 Å². The fourth-order valence-electron chi connectivity index (χ4n) is 3.26. The van der Waals surface area contributed by atoms with Gasteiger partial charge in [-0.2, -0.15) is 0 Å². The third-order valence-corrected chi connectivity index (χ3v) is 4.42. The SMILES string of the molecule is COc1cc(N)cc(C(=O)NC2CCCCC2C(C)C)c1. The molecule has 4 nitrogen and oxygen atoms in total. The van der Waals surface area contributed by atoms with E-state index in [2.05, 4.69) is 19.2 Å². The fraction of sp³-hybridized carbons (Fsp3) is 0.588. The molecule has 1 saturated carbocycles. The fourth-order valence-corrected chi connectivity index (χ4v) is 3.26. The maximum atomic E-state index is 12.5. The lowest BCUT2D eigenvalue weighted by Crippen LogP contribution is -2.43. The summed E-state index contributed by atoms with van der Waals surface area (Å²) in [6.07, 6.45) is 4.71. The zero-order valence-corrected chi connectivity index (χ0v) is 13.2. The molecule has 2 unspecified atom stereocenters. The van der Waals surface area contributed by atoms with Crippen LogP contribution in [0.5, 0.6) is 5.75 Å². The van der Waals surface area contributed by atoms with Crippen molar-refractivity contribution in [2.45, 2.75) is 45.6 Å². The van der Waals surface area contributed by atoms with E-state index in [1.807, 2.05) is 0 Å². The van der Waals surface area contributed by atoms with Crippen LogP contribution in [-0.4, -0.2) is 19.1 Å². The molecule has 0 saturated heterocycles. The Hall–Kier alpha value is -1.71. The van der Waals surface area contributed by atoms with Crippen molar-refractivity contribution in [1.82, 2.24) is 5.32 Å². The minimum absolute atomic E-state index is 0.0573. The molecule has 1 aromatic carbocycles. The summed E-state index contributed by atoms with van der Waals surface area (Å²) >= 11 is 0. The van der Waals surface area contributed by atoms with Gasteiger partial charge in [-0.25, -0.2) is 0 Å². The molecule has 1 aliphatic rings. The number of nitrogens with two attached hydrogens (primary N) is 1. The summed E-state index contributed by atoms with van der Waals surface area (Å²) in [5.74, 6) is 1.71. The van der Waals surface area contributed by atoms with Gasteiger partial charge in [-0.3, -0.25) is 4.79 Å². The van der Waals surface area contributed by atoms with Gasteiger partial charge in [0, 0.05) is 23.4 Å². The Morgan fingerprint density at radius 2 is 2.00 bits per heavy atom. The normalized spacial score (nSPS) is 22.1. The van der Waals surface area contributed by atoms with Crippen LogP contribution >= 0.6 is 0 Å².